The number of aromatic nitrogens is 1. The fourth-order valence-electron chi connectivity index (χ4n) is 7.10. The molecule has 43 heavy (non-hydrogen) atoms. The van der Waals surface area contributed by atoms with Crippen molar-refractivity contribution in [2.75, 3.05) is 32.4 Å². The molecule has 1 aromatic heterocycles. The van der Waals surface area contributed by atoms with Gasteiger partial charge in [0.05, 0.1) is 11.6 Å². The smallest absolute Gasteiger partial charge is 0.261 e. The van der Waals surface area contributed by atoms with Gasteiger partial charge in [0.1, 0.15) is 0 Å². The first-order valence-electron chi connectivity index (χ1n) is 15.0. The van der Waals surface area contributed by atoms with E-state index in [-0.39, 0.29) is 42.9 Å². The SMILES string of the molecule is CSc1cc(C)[nH]c(=O)c1CNC(=O)c1cc(Cl)c2c(c1C)OC(C)(C1CCC(N3CC(N4CCC(F)(F)C4)C3)CC1)O2. The second-order valence-electron chi connectivity index (χ2n) is 12.6. The van der Waals surface area contributed by atoms with E-state index in [9.17, 15) is 18.4 Å². The summed E-state index contributed by atoms with van der Waals surface area (Å²) in [5.74, 6) is -2.73. The van der Waals surface area contributed by atoms with Gasteiger partial charge in [-0.3, -0.25) is 19.4 Å². The fraction of sp³-hybridized carbons (Fsp3) is 0.613. The molecule has 0 spiro atoms. The minimum Gasteiger partial charge on any atom is -0.448 e. The molecule has 3 aliphatic heterocycles. The molecule has 1 saturated carbocycles. The van der Waals surface area contributed by atoms with Gasteiger partial charge in [-0.15, -0.1) is 11.8 Å². The highest BCUT2D eigenvalue weighted by Gasteiger charge is 2.49. The molecular weight excluding hydrogens is 598 g/mol. The summed E-state index contributed by atoms with van der Waals surface area (Å²) in [4.78, 5) is 33.8. The third kappa shape index (κ3) is 5.90. The standard InChI is InChI=1S/C31H39ClF2N4O4S/c1-17-11-25(43-4)23(29(40)36-17)13-35-28(39)22-12-24(32)27-26(18(22)2)41-30(3,42-27)19-5-7-20(8-6-19)38-14-21(15-38)37-10-9-31(33,34)16-37/h11-12,19-21H,5-10,13-16H2,1-4H3,(H,35,39)(H,36,40). The van der Waals surface area contributed by atoms with E-state index in [1.165, 1.54) is 11.8 Å². The maximum atomic E-state index is 13.6. The van der Waals surface area contributed by atoms with Crippen LogP contribution in [0, 0.1) is 19.8 Å². The summed E-state index contributed by atoms with van der Waals surface area (Å²) in [6.45, 7) is 7.76. The quantitative estimate of drug-likeness (QED) is 0.395. The van der Waals surface area contributed by atoms with Crippen molar-refractivity contribution in [2.45, 2.75) is 88.1 Å². The van der Waals surface area contributed by atoms with Crippen LogP contribution < -0.4 is 20.3 Å². The minimum atomic E-state index is -2.54. The molecule has 6 rings (SSSR count). The van der Waals surface area contributed by atoms with E-state index in [4.69, 9.17) is 21.1 Å². The first-order chi connectivity index (χ1) is 20.4. The Balaban J connectivity index is 1.07. The van der Waals surface area contributed by atoms with E-state index < -0.39 is 11.7 Å². The maximum absolute atomic E-state index is 13.6. The van der Waals surface area contributed by atoms with Gasteiger partial charge in [-0.1, -0.05) is 11.6 Å². The Labute approximate surface area is 259 Å². The lowest BCUT2D eigenvalue weighted by atomic mass is 9.80. The normalized spacial score (nSPS) is 27.3. The van der Waals surface area contributed by atoms with Gasteiger partial charge in [0.2, 0.25) is 0 Å². The van der Waals surface area contributed by atoms with Crippen molar-refractivity contribution in [3.05, 3.63) is 49.9 Å². The Morgan fingerprint density at radius 3 is 2.47 bits per heavy atom. The second kappa shape index (κ2) is 11.5. The summed E-state index contributed by atoms with van der Waals surface area (Å²) in [6, 6.07) is 4.17. The van der Waals surface area contributed by atoms with Crippen molar-refractivity contribution in [3.8, 4) is 11.5 Å². The van der Waals surface area contributed by atoms with Crippen molar-refractivity contribution in [2.24, 2.45) is 5.92 Å². The Morgan fingerprint density at radius 2 is 1.81 bits per heavy atom. The van der Waals surface area contributed by atoms with Gasteiger partial charge in [-0.2, -0.15) is 0 Å². The number of hydrogen-bond donors (Lipinski definition) is 2. The predicted molar refractivity (Wildman–Crippen MR) is 163 cm³/mol. The number of carbonyl (C=O) groups excluding carboxylic acids is 1. The van der Waals surface area contributed by atoms with Crippen molar-refractivity contribution < 1.29 is 23.0 Å². The van der Waals surface area contributed by atoms with Gasteiger partial charge >= 0.3 is 0 Å². The maximum Gasteiger partial charge on any atom is 0.261 e. The number of aryl methyl sites for hydroxylation is 1. The number of thioether (sulfide) groups is 1. The van der Waals surface area contributed by atoms with Crippen LogP contribution in [0.4, 0.5) is 8.78 Å². The number of alkyl halides is 2. The summed E-state index contributed by atoms with van der Waals surface area (Å²) in [5.41, 5.74) is 2.06. The number of hydrogen-bond acceptors (Lipinski definition) is 7. The summed E-state index contributed by atoms with van der Waals surface area (Å²) < 4.78 is 40.1. The zero-order valence-corrected chi connectivity index (χ0v) is 26.6. The molecule has 4 aliphatic rings. The van der Waals surface area contributed by atoms with Crippen molar-refractivity contribution in [1.82, 2.24) is 20.1 Å². The van der Waals surface area contributed by atoms with Gasteiger partial charge in [-0.05, 0) is 57.9 Å². The van der Waals surface area contributed by atoms with Crippen LogP contribution in [-0.2, 0) is 6.54 Å². The van der Waals surface area contributed by atoms with E-state index in [1.54, 1.807) is 6.07 Å². The zero-order chi connectivity index (χ0) is 30.7. The van der Waals surface area contributed by atoms with Crippen LogP contribution in [0.2, 0.25) is 5.02 Å². The minimum absolute atomic E-state index is 0.0289. The summed E-state index contributed by atoms with van der Waals surface area (Å²) >= 11 is 8.10. The topological polar surface area (TPSA) is 86.9 Å². The highest BCUT2D eigenvalue weighted by molar-refractivity contribution is 7.98. The van der Waals surface area contributed by atoms with Gasteiger partial charge in [0.15, 0.2) is 11.5 Å². The van der Waals surface area contributed by atoms with Crippen molar-refractivity contribution in [1.29, 1.82) is 0 Å². The summed E-state index contributed by atoms with van der Waals surface area (Å²) in [6.07, 6.45) is 5.66. The number of fused-ring (bicyclic) bond motifs is 1. The van der Waals surface area contributed by atoms with Gasteiger partial charge < -0.3 is 19.8 Å². The Hall–Kier alpha value is -2.34. The number of H-pyrrole nitrogens is 1. The molecule has 1 atom stereocenters. The van der Waals surface area contributed by atoms with E-state index in [1.807, 2.05) is 38.0 Å². The first-order valence-corrected chi connectivity index (χ1v) is 16.6. The third-order valence-electron chi connectivity index (χ3n) is 9.73. The lowest BCUT2D eigenvalue weighted by Crippen LogP contribution is -2.62. The molecule has 234 valence electrons. The number of nitrogens with zero attached hydrogens (tertiary/aromatic N) is 2. The van der Waals surface area contributed by atoms with Crippen LogP contribution in [0.5, 0.6) is 11.5 Å². The highest BCUT2D eigenvalue weighted by Crippen LogP contribution is 2.52. The van der Waals surface area contributed by atoms with Gasteiger partial charge in [0.25, 0.3) is 23.2 Å². The third-order valence-corrected chi connectivity index (χ3v) is 10.8. The largest absolute Gasteiger partial charge is 0.448 e. The molecule has 2 aromatic rings. The molecule has 0 bridgehead atoms. The number of benzene rings is 1. The monoisotopic (exact) mass is 636 g/mol. The van der Waals surface area contributed by atoms with Crippen LogP contribution >= 0.6 is 23.4 Å². The number of ether oxygens (including phenoxy) is 2. The number of nitrogens with one attached hydrogen (secondary N) is 2. The number of aromatic amines is 1. The molecule has 1 unspecified atom stereocenters. The fourth-order valence-corrected chi connectivity index (χ4v) is 8.04. The number of likely N-dealkylation sites (tertiary alicyclic amines) is 2. The molecule has 4 heterocycles. The Bertz CT molecular complexity index is 1470. The Kier molecular flexibility index (Phi) is 8.23. The van der Waals surface area contributed by atoms with Crippen LogP contribution in [0.25, 0.3) is 0 Å². The zero-order valence-electron chi connectivity index (χ0n) is 25.0. The molecule has 1 amide bonds. The average molecular weight is 637 g/mol. The average Bonchev–Trinajstić information content (AvgIpc) is 3.49. The van der Waals surface area contributed by atoms with Crippen molar-refractivity contribution >= 4 is 29.3 Å². The number of amides is 1. The second-order valence-corrected chi connectivity index (χ2v) is 13.9. The lowest BCUT2D eigenvalue weighted by Gasteiger charge is -2.50. The first kappa shape index (κ1) is 30.7. The summed E-state index contributed by atoms with van der Waals surface area (Å²) in [7, 11) is 0. The number of halogens is 3. The molecule has 12 heteroatoms. The van der Waals surface area contributed by atoms with Crippen LogP contribution in [0.15, 0.2) is 21.8 Å². The molecule has 3 fully saturated rings. The Morgan fingerprint density at radius 1 is 1.12 bits per heavy atom. The molecule has 2 N–H and O–H groups in total. The van der Waals surface area contributed by atoms with E-state index in [2.05, 4.69) is 15.2 Å². The summed E-state index contributed by atoms with van der Waals surface area (Å²) in [5, 5.41) is 3.18. The highest BCUT2D eigenvalue weighted by atomic mass is 35.5. The van der Waals surface area contributed by atoms with Gasteiger partial charge in [-0.25, -0.2) is 8.78 Å². The predicted octanol–water partition coefficient (Wildman–Crippen LogP) is 5.37. The van der Waals surface area contributed by atoms with Crippen LogP contribution in [0.3, 0.4) is 0 Å². The van der Waals surface area contributed by atoms with Crippen LogP contribution in [-0.4, -0.2) is 76.9 Å². The van der Waals surface area contributed by atoms with Crippen molar-refractivity contribution in [3.63, 3.8) is 0 Å². The molecular formula is C31H39ClF2N4O4S. The molecule has 2 saturated heterocycles. The lowest BCUT2D eigenvalue weighted by molar-refractivity contribution is -0.127. The van der Waals surface area contributed by atoms with E-state index >= 15 is 0 Å². The van der Waals surface area contributed by atoms with Crippen LogP contribution in [0.1, 0.15) is 66.2 Å². The molecule has 1 aliphatic carbocycles. The molecule has 8 nitrogen and oxygen atoms in total. The number of carbonyl (C=O) groups is 1. The molecule has 0 radical (unpaired) electrons. The number of pyridine rings is 1. The van der Waals surface area contributed by atoms with E-state index in [0.717, 1.165) is 49.4 Å². The molecule has 1 aromatic carbocycles. The van der Waals surface area contributed by atoms with Gasteiger partial charge in [0, 0.05) is 84.8 Å². The number of rotatable bonds is 7. The van der Waals surface area contributed by atoms with E-state index in [0.29, 0.717) is 45.8 Å².